The Bertz CT molecular complexity index is 549. The van der Waals surface area contributed by atoms with Gasteiger partial charge in [-0.05, 0) is 48.7 Å². The molecule has 0 heterocycles. The van der Waals surface area contributed by atoms with E-state index in [1.807, 2.05) is 0 Å². The Morgan fingerprint density at radius 3 is 2.44 bits per heavy atom. The van der Waals surface area contributed by atoms with Crippen LogP contribution in [0.25, 0.3) is 0 Å². The van der Waals surface area contributed by atoms with Crippen molar-refractivity contribution in [2.24, 2.45) is 0 Å². The van der Waals surface area contributed by atoms with Crippen LogP contribution in [0, 0.1) is 13.8 Å². The Morgan fingerprint density at radius 2 is 1.83 bits per heavy atom. The van der Waals surface area contributed by atoms with Crippen LogP contribution in [-0.4, -0.2) is 7.05 Å². The molecule has 0 aliphatic carbocycles. The van der Waals surface area contributed by atoms with E-state index in [4.69, 9.17) is 0 Å². The van der Waals surface area contributed by atoms with Gasteiger partial charge in [0.15, 0.2) is 0 Å². The maximum atomic E-state index is 3.49. The molecular weight excluding hydrogens is 286 g/mol. The van der Waals surface area contributed by atoms with Gasteiger partial charge in [0, 0.05) is 23.8 Å². The van der Waals surface area contributed by atoms with Gasteiger partial charge in [-0.2, -0.15) is 0 Å². The Hall–Kier alpha value is -1.28. The maximum absolute atomic E-state index is 3.49. The number of halogens is 1. The van der Waals surface area contributed by atoms with E-state index in [1.165, 1.54) is 28.1 Å². The molecule has 0 atom stereocenters. The van der Waals surface area contributed by atoms with Crippen LogP contribution in [0.15, 0.2) is 42.5 Å². The standard InChI is InChI=1S/C16H18BrN/c1-12-5-4-6-15(9-12)18(3)16-8-7-14(11-17)10-13(16)2/h4-10H,11H2,1-3H3. The van der Waals surface area contributed by atoms with Gasteiger partial charge in [-0.25, -0.2) is 0 Å². The third kappa shape index (κ3) is 2.75. The minimum absolute atomic E-state index is 0.905. The number of rotatable bonds is 3. The highest BCUT2D eigenvalue weighted by atomic mass is 79.9. The van der Waals surface area contributed by atoms with Crippen molar-refractivity contribution in [3.63, 3.8) is 0 Å². The summed E-state index contributed by atoms with van der Waals surface area (Å²) in [5.41, 5.74) is 6.38. The average molecular weight is 304 g/mol. The van der Waals surface area contributed by atoms with Crippen molar-refractivity contribution in [3.8, 4) is 0 Å². The Balaban J connectivity index is 2.37. The highest BCUT2D eigenvalue weighted by molar-refractivity contribution is 9.08. The first-order chi connectivity index (χ1) is 8.61. The van der Waals surface area contributed by atoms with Gasteiger partial charge in [0.05, 0.1) is 0 Å². The summed E-state index contributed by atoms with van der Waals surface area (Å²) in [4.78, 5) is 2.24. The fourth-order valence-corrected chi connectivity index (χ4v) is 2.50. The number of aryl methyl sites for hydroxylation is 2. The molecule has 2 rings (SSSR count). The summed E-state index contributed by atoms with van der Waals surface area (Å²) < 4.78 is 0. The van der Waals surface area contributed by atoms with Crippen LogP contribution in [0.4, 0.5) is 11.4 Å². The summed E-state index contributed by atoms with van der Waals surface area (Å²) in [5, 5.41) is 0.905. The fourth-order valence-electron chi connectivity index (χ4n) is 2.15. The lowest BCUT2D eigenvalue weighted by Gasteiger charge is -2.22. The molecule has 0 N–H and O–H groups in total. The molecule has 0 aliphatic rings. The molecule has 0 bridgehead atoms. The normalized spacial score (nSPS) is 10.4. The Morgan fingerprint density at radius 1 is 1.06 bits per heavy atom. The second-order valence-corrected chi connectivity index (χ2v) is 5.21. The first kappa shape index (κ1) is 13.2. The number of anilines is 2. The topological polar surface area (TPSA) is 3.24 Å². The smallest absolute Gasteiger partial charge is 0.0438 e. The first-order valence-corrected chi connectivity index (χ1v) is 7.20. The molecule has 1 nitrogen and oxygen atoms in total. The SMILES string of the molecule is Cc1cccc(N(C)c2ccc(CBr)cc2C)c1. The average Bonchev–Trinajstić information content (AvgIpc) is 2.37. The summed E-state index contributed by atoms with van der Waals surface area (Å²) in [6.07, 6.45) is 0. The van der Waals surface area contributed by atoms with E-state index in [2.05, 4.69) is 84.2 Å². The third-order valence-corrected chi connectivity index (χ3v) is 3.81. The van der Waals surface area contributed by atoms with Crippen LogP contribution in [0.2, 0.25) is 0 Å². The van der Waals surface area contributed by atoms with Crippen molar-refractivity contribution in [2.45, 2.75) is 19.2 Å². The third-order valence-electron chi connectivity index (χ3n) is 3.17. The summed E-state index contributed by atoms with van der Waals surface area (Å²) in [7, 11) is 2.12. The fraction of sp³-hybridized carbons (Fsp3) is 0.250. The molecular formula is C16H18BrN. The molecule has 0 spiro atoms. The molecule has 2 aromatic carbocycles. The van der Waals surface area contributed by atoms with E-state index in [1.54, 1.807) is 0 Å². The molecule has 2 heteroatoms. The Kier molecular flexibility index (Phi) is 4.07. The van der Waals surface area contributed by atoms with Crippen molar-refractivity contribution < 1.29 is 0 Å². The zero-order valence-electron chi connectivity index (χ0n) is 11.1. The largest absolute Gasteiger partial charge is 0.344 e. The van der Waals surface area contributed by atoms with Crippen LogP contribution >= 0.6 is 15.9 Å². The van der Waals surface area contributed by atoms with Gasteiger partial charge in [-0.15, -0.1) is 0 Å². The molecule has 0 saturated heterocycles. The zero-order valence-corrected chi connectivity index (χ0v) is 12.7. The lowest BCUT2D eigenvalue weighted by atomic mass is 10.1. The number of hydrogen-bond acceptors (Lipinski definition) is 1. The highest BCUT2D eigenvalue weighted by Gasteiger charge is 2.07. The van der Waals surface area contributed by atoms with E-state index in [9.17, 15) is 0 Å². The van der Waals surface area contributed by atoms with E-state index >= 15 is 0 Å². The lowest BCUT2D eigenvalue weighted by Crippen LogP contribution is -2.11. The molecule has 0 fully saturated rings. The predicted molar refractivity (Wildman–Crippen MR) is 83.1 cm³/mol. The van der Waals surface area contributed by atoms with Crippen LogP contribution < -0.4 is 4.90 Å². The van der Waals surface area contributed by atoms with Crippen LogP contribution in [0.1, 0.15) is 16.7 Å². The number of benzene rings is 2. The minimum atomic E-state index is 0.905. The van der Waals surface area contributed by atoms with Crippen LogP contribution in [0.5, 0.6) is 0 Å². The molecule has 0 amide bonds. The van der Waals surface area contributed by atoms with Crippen LogP contribution in [0.3, 0.4) is 0 Å². The quantitative estimate of drug-likeness (QED) is 0.724. The molecule has 18 heavy (non-hydrogen) atoms. The monoisotopic (exact) mass is 303 g/mol. The first-order valence-electron chi connectivity index (χ1n) is 6.07. The summed E-state index contributed by atoms with van der Waals surface area (Å²) in [5.74, 6) is 0. The summed E-state index contributed by atoms with van der Waals surface area (Å²) in [6, 6.07) is 15.2. The van der Waals surface area contributed by atoms with Crippen molar-refractivity contribution in [1.29, 1.82) is 0 Å². The minimum Gasteiger partial charge on any atom is -0.344 e. The molecule has 2 aromatic rings. The number of nitrogens with zero attached hydrogens (tertiary/aromatic N) is 1. The van der Waals surface area contributed by atoms with Gasteiger partial charge < -0.3 is 4.90 Å². The predicted octanol–water partition coefficient (Wildman–Crippen LogP) is 4.97. The van der Waals surface area contributed by atoms with Gasteiger partial charge in [-0.1, -0.05) is 40.2 Å². The molecule has 0 aliphatic heterocycles. The summed E-state index contributed by atoms with van der Waals surface area (Å²) >= 11 is 3.49. The van der Waals surface area contributed by atoms with Gasteiger partial charge in [0.1, 0.15) is 0 Å². The lowest BCUT2D eigenvalue weighted by molar-refractivity contribution is 1.17. The van der Waals surface area contributed by atoms with E-state index < -0.39 is 0 Å². The van der Waals surface area contributed by atoms with E-state index in [0.717, 1.165) is 5.33 Å². The molecule has 0 saturated carbocycles. The number of hydrogen-bond donors (Lipinski definition) is 0. The van der Waals surface area contributed by atoms with Gasteiger partial charge in [-0.3, -0.25) is 0 Å². The van der Waals surface area contributed by atoms with Crippen LogP contribution in [-0.2, 0) is 5.33 Å². The Labute approximate surface area is 118 Å². The van der Waals surface area contributed by atoms with Crippen molar-refractivity contribution in [3.05, 3.63) is 59.2 Å². The zero-order chi connectivity index (χ0) is 13.1. The molecule has 0 radical (unpaired) electrons. The van der Waals surface area contributed by atoms with E-state index in [-0.39, 0.29) is 0 Å². The van der Waals surface area contributed by atoms with Crippen molar-refractivity contribution in [2.75, 3.05) is 11.9 Å². The van der Waals surface area contributed by atoms with Crippen molar-refractivity contribution >= 4 is 27.3 Å². The van der Waals surface area contributed by atoms with E-state index in [0.29, 0.717) is 0 Å². The van der Waals surface area contributed by atoms with Gasteiger partial charge >= 0.3 is 0 Å². The van der Waals surface area contributed by atoms with Gasteiger partial charge in [0.2, 0.25) is 0 Å². The van der Waals surface area contributed by atoms with Gasteiger partial charge in [0.25, 0.3) is 0 Å². The number of alkyl halides is 1. The molecule has 0 aromatic heterocycles. The van der Waals surface area contributed by atoms with Crippen molar-refractivity contribution in [1.82, 2.24) is 0 Å². The second-order valence-electron chi connectivity index (χ2n) is 4.65. The molecule has 94 valence electrons. The highest BCUT2D eigenvalue weighted by Crippen LogP contribution is 2.28. The second kappa shape index (κ2) is 5.57. The maximum Gasteiger partial charge on any atom is 0.0438 e. The molecule has 0 unspecified atom stereocenters. The summed E-state index contributed by atoms with van der Waals surface area (Å²) in [6.45, 7) is 4.28.